The molecule has 0 fully saturated rings. The lowest BCUT2D eigenvalue weighted by atomic mass is 10.1. The standard InChI is InChI=1S/C18H19FN2O4/c1-2-24-18(23)25-15-9-7-14(8-10-15)21-17(22)20-12-11-13-5-3-4-6-16(13)19/h3-10H,2,11-12H2,1H3,(H2,20,21,22). The highest BCUT2D eigenvalue weighted by molar-refractivity contribution is 5.89. The Hall–Kier alpha value is -3.09. The zero-order valence-electron chi connectivity index (χ0n) is 13.8. The van der Waals surface area contributed by atoms with E-state index in [0.717, 1.165) is 0 Å². The maximum Gasteiger partial charge on any atom is 0.513 e. The van der Waals surface area contributed by atoms with E-state index >= 15 is 0 Å². The minimum absolute atomic E-state index is 0.228. The van der Waals surface area contributed by atoms with Crippen LogP contribution in [0.15, 0.2) is 48.5 Å². The molecule has 0 saturated heterocycles. The number of nitrogens with one attached hydrogen (secondary N) is 2. The Balaban J connectivity index is 1.76. The first-order valence-corrected chi connectivity index (χ1v) is 7.81. The molecule has 0 unspecified atom stereocenters. The second-order valence-corrected chi connectivity index (χ2v) is 5.03. The summed E-state index contributed by atoms with van der Waals surface area (Å²) in [6.45, 7) is 2.21. The molecule has 6 nitrogen and oxygen atoms in total. The van der Waals surface area contributed by atoms with Gasteiger partial charge in [0.2, 0.25) is 0 Å². The average Bonchev–Trinajstić information content (AvgIpc) is 2.58. The fourth-order valence-corrected chi connectivity index (χ4v) is 2.04. The predicted molar refractivity (Wildman–Crippen MR) is 91.2 cm³/mol. The van der Waals surface area contributed by atoms with Crippen molar-refractivity contribution in [3.63, 3.8) is 0 Å². The topological polar surface area (TPSA) is 76.7 Å². The molecule has 0 saturated carbocycles. The first-order chi connectivity index (χ1) is 12.1. The van der Waals surface area contributed by atoms with Gasteiger partial charge in [0.25, 0.3) is 0 Å². The van der Waals surface area contributed by atoms with Crippen LogP contribution in [0.4, 0.5) is 19.7 Å². The summed E-state index contributed by atoms with van der Waals surface area (Å²) in [6.07, 6.45) is -0.388. The number of amides is 2. The number of ether oxygens (including phenoxy) is 2. The van der Waals surface area contributed by atoms with Gasteiger partial charge in [-0.3, -0.25) is 0 Å². The number of carbonyl (C=O) groups excluding carboxylic acids is 2. The van der Waals surface area contributed by atoms with E-state index in [1.54, 1.807) is 37.3 Å². The van der Waals surface area contributed by atoms with Crippen molar-refractivity contribution in [3.8, 4) is 5.75 Å². The van der Waals surface area contributed by atoms with E-state index in [9.17, 15) is 14.0 Å². The molecule has 25 heavy (non-hydrogen) atoms. The largest absolute Gasteiger partial charge is 0.513 e. The molecule has 0 aliphatic heterocycles. The normalized spacial score (nSPS) is 10.0. The number of carbonyl (C=O) groups is 2. The van der Waals surface area contributed by atoms with Crippen LogP contribution >= 0.6 is 0 Å². The van der Waals surface area contributed by atoms with Gasteiger partial charge in [-0.15, -0.1) is 0 Å². The Labute approximate surface area is 144 Å². The lowest BCUT2D eigenvalue weighted by molar-refractivity contribution is 0.104. The molecule has 2 rings (SSSR count). The van der Waals surface area contributed by atoms with Crippen molar-refractivity contribution in [2.24, 2.45) is 0 Å². The van der Waals surface area contributed by atoms with Crippen LogP contribution in [0, 0.1) is 5.82 Å². The quantitative estimate of drug-likeness (QED) is 0.617. The summed E-state index contributed by atoms with van der Waals surface area (Å²) in [7, 11) is 0. The van der Waals surface area contributed by atoms with Crippen LogP contribution in [0.3, 0.4) is 0 Å². The summed E-state index contributed by atoms with van der Waals surface area (Å²) >= 11 is 0. The number of hydrogen-bond donors (Lipinski definition) is 2. The maximum absolute atomic E-state index is 13.5. The van der Waals surface area contributed by atoms with Crippen molar-refractivity contribution in [2.75, 3.05) is 18.5 Å². The van der Waals surface area contributed by atoms with Gasteiger partial charge in [0.05, 0.1) is 6.61 Å². The molecule has 2 aromatic carbocycles. The highest BCUT2D eigenvalue weighted by Crippen LogP contribution is 2.16. The van der Waals surface area contributed by atoms with E-state index in [2.05, 4.69) is 15.4 Å². The Morgan fingerprint density at radius 1 is 1.08 bits per heavy atom. The Bertz CT molecular complexity index is 719. The van der Waals surface area contributed by atoms with Crippen molar-refractivity contribution in [1.29, 1.82) is 0 Å². The molecule has 0 aliphatic rings. The van der Waals surface area contributed by atoms with Crippen molar-refractivity contribution in [3.05, 3.63) is 59.9 Å². The zero-order chi connectivity index (χ0) is 18.1. The van der Waals surface area contributed by atoms with Crippen LogP contribution in [0.2, 0.25) is 0 Å². The van der Waals surface area contributed by atoms with Crippen LogP contribution in [0.5, 0.6) is 5.75 Å². The number of anilines is 1. The summed E-state index contributed by atoms with van der Waals surface area (Å²) < 4.78 is 23.0. The Morgan fingerprint density at radius 2 is 1.80 bits per heavy atom. The van der Waals surface area contributed by atoms with Gasteiger partial charge in [-0.25, -0.2) is 14.0 Å². The second kappa shape index (κ2) is 9.27. The number of halogens is 1. The molecule has 0 heterocycles. The van der Waals surface area contributed by atoms with Crippen LogP contribution in [0.25, 0.3) is 0 Å². The minimum Gasteiger partial charge on any atom is -0.434 e. The van der Waals surface area contributed by atoms with Gasteiger partial charge < -0.3 is 20.1 Å². The summed E-state index contributed by atoms with van der Waals surface area (Å²) in [4.78, 5) is 23.0. The van der Waals surface area contributed by atoms with E-state index in [1.807, 2.05) is 0 Å². The van der Waals surface area contributed by atoms with Gasteiger partial charge in [0.15, 0.2) is 0 Å². The maximum atomic E-state index is 13.5. The summed E-state index contributed by atoms with van der Waals surface area (Å²) in [6, 6.07) is 12.3. The third kappa shape index (κ3) is 6.14. The molecule has 0 bridgehead atoms. The molecule has 2 amide bonds. The van der Waals surface area contributed by atoms with Gasteiger partial charge in [-0.2, -0.15) is 0 Å². The van der Waals surface area contributed by atoms with E-state index in [4.69, 9.17) is 4.74 Å². The summed E-state index contributed by atoms with van der Waals surface area (Å²) in [5.41, 5.74) is 1.07. The van der Waals surface area contributed by atoms with Crippen LogP contribution in [-0.2, 0) is 11.2 Å². The van der Waals surface area contributed by atoms with Gasteiger partial charge in [-0.05, 0) is 49.2 Å². The van der Waals surface area contributed by atoms with E-state index < -0.39 is 12.2 Å². The molecule has 2 N–H and O–H groups in total. The van der Waals surface area contributed by atoms with Crippen molar-refractivity contribution in [1.82, 2.24) is 5.32 Å². The second-order valence-electron chi connectivity index (χ2n) is 5.03. The molecule has 0 radical (unpaired) electrons. The molecular weight excluding hydrogens is 327 g/mol. The van der Waals surface area contributed by atoms with Crippen LogP contribution in [0.1, 0.15) is 12.5 Å². The molecule has 0 spiro atoms. The Morgan fingerprint density at radius 3 is 2.48 bits per heavy atom. The fourth-order valence-electron chi connectivity index (χ4n) is 2.04. The number of benzene rings is 2. The molecular formula is C18H19FN2O4. The van der Waals surface area contributed by atoms with Crippen molar-refractivity contribution in [2.45, 2.75) is 13.3 Å². The van der Waals surface area contributed by atoms with Crippen LogP contribution in [-0.4, -0.2) is 25.3 Å². The van der Waals surface area contributed by atoms with E-state index in [-0.39, 0.29) is 12.4 Å². The van der Waals surface area contributed by atoms with E-state index in [1.165, 1.54) is 18.2 Å². The van der Waals surface area contributed by atoms with Gasteiger partial charge >= 0.3 is 12.2 Å². The lowest BCUT2D eigenvalue weighted by Crippen LogP contribution is -2.30. The number of urea groups is 1. The monoisotopic (exact) mass is 346 g/mol. The predicted octanol–water partition coefficient (Wildman–Crippen LogP) is 3.73. The Kier molecular flexibility index (Phi) is 6.76. The van der Waals surface area contributed by atoms with Gasteiger partial charge in [0.1, 0.15) is 11.6 Å². The van der Waals surface area contributed by atoms with Gasteiger partial charge in [0, 0.05) is 12.2 Å². The third-order valence-electron chi connectivity index (χ3n) is 3.21. The fraction of sp³-hybridized carbons (Fsp3) is 0.222. The smallest absolute Gasteiger partial charge is 0.434 e. The first-order valence-electron chi connectivity index (χ1n) is 7.81. The molecule has 0 atom stereocenters. The van der Waals surface area contributed by atoms with E-state index in [0.29, 0.717) is 30.0 Å². The van der Waals surface area contributed by atoms with Gasteiger partial charge in [-0.1, -0.05) is 18.2 Å². The zero-order valence-corrected chi connectivity index (χ0v) is 13.8. The molecule has 7 heteroatoms. The summed E-state index contributed by atoms with van der Waals surface area (Å²) in [5.74, 6) is 0.0193. The SMILES string of the molecule is CCOC(=O)Oc1ccc(NC(=O)NCCc2ccccc2F)cc1. The van der Waals surface area contributed by atoms with Crippen molar-refractivity contribution >= 4 is 17.9 Å². The van der Waals surface area contributed by atoms with Crippen molar-refractivity contribution < 1.29 is 23.5 Å². The number of rotatable bonds is 6. The molecule has 2 aromatic rings. The highest BCUT2D eigenvalue weighted by atomic mass is 19.1. The number of hydrogen-bond acceptors (Lipinski definition) is 4. The first kappa shape index (κ1) is 18.3. The molecule has 132 valence electrons. The summed E-state index contributed by atoms with van der Waals surface area (Å²) in [5, 5.41) is 5.28. The molecule has 0 aromatic heterocycles. The lowest BCUT2D eigenvalue weighted by Gasteiger charge is -2.09. The average molecular weight is 346 g/mol. The van der Waals surface area contributed by atoms with Crippen LogP contribution < -0.4 is 15.4 Å². The third-order valence-corrected chi connectivity index (χ3v) is 3.21. The highest BCUT2D eigenvalue weighted by Gasteiger charge is 2.06. The minimum atomic E-state index is -0.783. The molecule has 0 aliphatic carbocycles.